The van der Waals surface area contributed by atoms with Gasteiger partial charge in [0.2, 0.25) is 0 Å². The van der Waals surface area contributed by atoms with Crippen LogP contribution >= 0.6 is 0 Å². The van der Waals surface area contributed by atoms with Crippen LogP contribution in [0, 0.1) is 19.7 Å². The van der Waals surface area contributed by atoms with Gasteiger partial charge in [0.1, 0.15) is 5.82 Å². The van der Waals surface area contributed by atoms with Crippen LogP contribution in [0.15, 0.2) is 12.1 Å². The highest BCUT2D eigenvalue weighted by Gasteiger charge is 2.22. The van der Waals surface area contributed by atoms with Crippen LogP contribution in [0.25, 0.3) is 0 Å². The minimum absolute atomic E-state index is 0.0400. The molecule has 1 nitrogen and oxygen atoms in total. The molecule has 2 heteroatoms. The third-order valence-corrected chi connectivity index (χ3v) is 3.20. The van der Waals surface area contributed by atoms with Crippen molar-refractivity contribution in [1.29, 1.82) is 0 Å². The molecule has 0 saturated carbocycles. The summed E-state index contributed by atoms with van der Waals surface area (Å²) in [6.45, 7) is 5.99. The summed E-state index contributed by atoms with van der Waals surface area (Å²) >= 11 is 0. The molecule has 0 spiro atoms. The molecular formula is C12H16FN. The Bertz CT molecular complexity index is 340. The van der Waals surface area contributed by atoms with Gasteiger partial charge in [0, 0.05) is 12.5 Å². The van der Waals surface area contributed by atoms with E-state index in [1.807, 2.05) is 19.9 Å². The molecule has 14 heavy (non-hydrogen) atoms. The fraction of sp³-hybridized carbons (Fsp3) is 0.500. The van der Waals surface area contributed by atoms with Crippen LogP contribution in [0.5, 0.6) is 0 Å². The average Bonchev–Trinajstić information content (AvgIpc) is 2.65. The second-order valence-corrected chi connectivity index (χ2v) is 4.09. The minimum Gasteiger partial charge on any atom is -0.316 e. The molecule has 1 aliphatic heterocycles. The van der Waals surface area contributed by atoms with Gasteiger partial charge in [-0.05, 0) is 49.6 Å². The van der Waals surface area contributed by atoms with Gasteiger partial charge < -0.3 is 5.32 Å². The van der Waals surface area contributed by atoms with Crippen LogP contribution < -0.4 is 5.32 Å². The molecule has 1 fully saturated rings. The van der Waals surface area contributed by atoms with Crippen LogP contribution in [0.4, 0.5) is 4.39 Å². The summed E-state index contributed by atoms with van der Waals surface area (Å²) in [6.07, 6.45) is 1.06. The van der Waals surface area contributed by atoms with E-state index in [1.165, 1.54) is 5.56 Å². The molecule has 1 aromatic rings. The predicted molar refractivity (Wildman–Crippen MR) is 56.1 cm³/mol. The van der Waals surface area contributed by atoms with Crippen LogP contribution in [-0.2, 0) is 0 Å². The highest BCUT2D eigenvalue weighted by Crippen LogP contribution is 2.29. The largest absolute Gasteiger partial charge is 0.316 e. The van der Waals surface area contributed by atoms with Crippen molar-refractivity contribution in [2.45, 2.75) is 26.2 Å². The van der Waals surface area contributed by atoms with Crippen LogP contribution in [-0.4, -0.2) is 13.1 Å². The zero-order chi connectivity index (χ0) is 10.1. The number of hydrogen-bond acceptors (Lipinski definition) is 1. The van der Waals surface area contributed by atoms with E-state index in [0.717, 1.165) is 30.6 Å². The summed E-state index contributed by atoms with van der Waals surface area (Å²) in [5.74, 6) is 0.330. The number of aryl methyl sites for hydroxylation is 1. The molecule has 2 rings (SSSR count). The van der Waals surface area contributed by atoms with E-state index in [4.69, 9.17) is 0 Å². The van der Waals surface area contributed by atoms with Gasteiger partial charge in [-0.3, -0.25) is 0 Å². The summed E-state index contributed by atoms with van der Waals surface area (Å²) < 4.78 is 13.7. The molecule has 0 amide bonds. The predicted octanol–water partition coefficient (Wildman–Crippen LogP) is 2.52. The Labute approximate surface area is 84.3 Å². The van der Waals surface area contributed by atoms with E-state index < -0.39 is 0 Å². The summed E-state index contributed by atoms with van der Waals surface area (Å²) in [4.78, 5) is 0. The molecule has 76 valence electrons. The van der Waals surface area contributed by atoms with Crippen molar-refractivity contribution < 1.29 is 4.39 Å². The van der Waals surface area contributed by atoms with Crippen LogP contribution in [0.3, 0.4) is 0 Å². The van der Waals surface area contributed by atoms with Crippen LogP contribution in [0.2, 0.25) is 0 Å². The highest BCUT2D eigenvalue weighted by atomic mass is 19.1. The molecule has 0 aromatic heterocycles. The number of halogens is 1. The number of nitrogens with one attached hydrogen (secondary N) is 1. The Morgan fingerprint density at radius 3 is 2.79 bits per heavy atom. The number of hydrogen-bond donors (Lipinski definition) is 1. The smallest absolute Gasteiger partial charge is 0.127 e. The first-order valence-corrected chi connectivity index (χ1v) is 5.16. The first-order chi connectivity index (χ1) is 6.70. The molecule has 1 saturated heterocycles. The monoisotopic (exact) mass is 193 g/mol. The summed E-state index contributed by atoms with van der Waals surface area (Å²) in [6, 6.07) is 3.45. The van der Waals surface area contributed by atoms with E-state index in [2.05, 4.69) is 5.32 Å². The van der Waals surface area contributed by atoms with E-state index >= 15 is 0 Å². The van der Waals surface area contributed by atoms with E-state index in [1.54, 1.807) is 6.07 Å². The van der Waals surface area contributed by atoms with Gasteiger partial charge in [-0.25, -0.2) is 4.39 Å². The van der Waals surface area contributed by atoms with Crippen molar-refractivity contribution in [1.82, 2.24) is 5.32 Å². The quantitative estimate of drug-likeness (QED) is 0.722. The maximum Gasteiger partial charge on any atom is 0.127 e. The Hall–Kier alpha value is -0.890. The van der Waals surface area contributed by atoms with Gasteiger partial charge in [-0.15, -0.1) is 0 Å². The van der Waals surface area contributed by atoms with E-state index in [9.17, 15) is 4.39 Å². The zero-order valence-electron chi connectivity index (χ0n) is 8.73. The third-order valence-electron chi connectivity index (χ3n) is 3.20. The molecule has 0 radical (unpaired) electrons. The maximum atomic E-state index is 13.7. The Balaban J connectivity index is 2.44. The summed E-state index contributed by atoms with van der Waals surface area (Å²) in [5.41, 5.74) is 3.24. The van der Waals surface area contributed by atoms with Crippen molar-refractivity contribution in [2.24, 2.45) is 0 Å². The Morgan fingerprint density at radius 2 is 2.14 bits per heavy atom. The van der Waals surface area contributed by atoms with Gasteiger partial charge in [-0.1, -0.05) is 6.07 Å². The first-order valence-electron chi connectivity index (χ1n) is 5.16. The van der Waals surface area contributed by atoms with Crippen LogP contribution in [0.1, 0.15) is 29.0 Å². The highest BCUT2D eigenvalue weighted by molar-refractivity contribution is 5.37. The molecule has 1 heterocycles. The molecule has 0 aliphatic carbocycles. The van der Waals surface area contributed by atoms with Crippen molar-refractivity contribution >= 4 is 0 Å². The molecule has 1 aliphatic rings. The van der Waals surface area contributed by atoms with Gasteiger partial charge in [0.25, 0.3) is 0 Å². The molecule has 1 unspecified atom stereocenters. The lowest BCUT2D eigenvalue weighted by atomic mass is 9.91. The fourth-order valence-corrected chi connectivity index (χ4v) is 2.21. The fourth-order valence-electron chi connectivity index (χ4n) is 2.21. The standard InChI is InChI=1S/C12H16FN/c1-8-3-4-11(13)12(9(8)2)10-5-6-14-7-10/h3-4,10,14H,5-7H2,1-2H3. The molecular weight excluding hydrogens is 177 g/mol. The third kappa shape index (κ3) is 1.55. The number of benzene rings is 1. The lowest BCUT2D eigenvalue weighted by Gasteiger charge is -2.15. The summed E-state index contributed by atoms with van der Waals surface area (Å²) in [7, 11) is 0. The van der Waals surface area contributed by atoms with E-state index in [0.29, 0.717) is 5.92 Å². The van der Waals surface area contributed by atoms with Crippen molar-refractivity contribution in [2.75, 3.05) is 13.1 Å². The van der Waals surface area contributed by atoms with Crippen molar-refractivity contribution in [3.05, 3.63) is 34.6 Å². The molecule has 0 bridgehead atoms. The average molecular weight is 193 g/mol. The number of rotatable bonds is 1. The van der Waals surface area contributed by atoms with Gasteiger partial charge in [0.15, 0.2) is 0 Å². The second kappa shape index (κ2) is 3.70. The molecule has 1 atom stereocenters. The van der Waals surface area contributed by atoms with Gasteiger partial charge in [0.05, 0.1) is 0 Å². The lowest BCUT2D eigenvalue weighted by molar-refractivity contribution is 0.584. The zero-order valence-corrected chi connectivity index (χ0v) is 8.73. The lowest BCUT2D eigenvalue weighted by Crippen LogP contribution is -2.10. The molecule has 1 aromatic carbocycles. The second-order valence-electron chi connectivity index (χ2n) is 4.09. The summed E-state index contributed by atoms with van der Waals surface area (Å²) in [5, 5.41) is 3.28. The van der Waals surface area contributed by atoms with E-state index in [-0.39, 0.29) is 5.82 Å². The van der Waals surface area contributed by atoms with Gasteiger partial charge >= 0.3 is 0 Å². The SMILES string of the molecule is Cc1ccc(F)c(C2CCNC2)c1C. The Morgan fingerprint density at radius 1 is 1.36 bits per heavy atom. The Kier molecular flexibility index (Phi) is 2.55. The normalized spacial score (nSPS) is 21.5. The van der Waals surface area contributed by atoms with Crippen molar-refractivity contribution in [3.63, 3.8) is 0 Å². The van der Waals surface area contributed by atoms with Gasteiger partial charge in [-0.2, -0.15) is 0 Å². The van der Waals surface area contributed by atoms with Crippen molar-refractivity contribution in [3.8, 4) is 0 Å². The maximum absolute atomic E-state index is 13.7. The molecule has 1 N–H and O–H groups in total. The minimum atomic E-state index is -0.0400. The topological polar surface area (TPSA) is 12.0 Å². The first kappa shape index (κ1) is 9.66.